The fourth-order valence-corrected chi connectivity index (χ4v) is 1.48. The summed E-state index contributed by atoms with van der Waals surface area (Å²) in [6, 6.07) is 4.80. The number of ether oxygens (including phenoxy) is 1. The zero-order valence-corrected chi connectivity index (χ0v) is 8.71. The topological polar surface area (TPSA) is 70.3 Å². The zero-order chi connectivity index (χ0) is 11.4. The summed E-state index contributed by atoms with van der Waals surface area (Å²) in [5.74, 6) is -0.915. The third-order valence-electron chi connectivity index (χ3n) is 1.92. The largest absolute Gasteiger partial charge is 0.495 e. The lowest BCUT2D eigenvalue weighted by Gasteiger charge is -2.10. The van der Waals surface area contributed by atoms with Crippen molar-refractivity contribution < 1.29 is 14.6 Å². The molecule has 0 radical (unpaired) electrons. The van der Waals surface area contributed by atoms with E-state index in [1.54, 1.807) is 12.1 Å². The molecule has 15 heavy (non-hydrogen) atoms. The van der Waals surface area contributed by atoms with Crippen molar-refractivity contribution in [1.29, 1.82) is 5.26 Å². The number of nitrogens with zero attached hydrogens (tertiary/aromatic N) is 1. The Hall–Kier alpha value is -1.73. The first-order chi connectivity index (χ1) is 7.15. The molecule has 1 aromatic rings. The van der Waals surface area contributed by atoms with Crippen LogP contribution < -0.4 is 4.74 Å². The Bertz CT molecular complexity index is 437. The number of alkyl halides is 1. The Kier molecular flexibility index (Phi) is 3.53. The Labute approximate surface area is 91.7 Å². The Morgan fingerprint density at radius 3 is 2.73 bits per heavy atom. The van der Waals surface area contributed by atoms with E-state index in [9.17, 15) is 4.79 Å². The van der Waals surface area contributed by atoms with Gasteiger partial charge in [0, 0.05) is 5.56 Å². The summed E-state index contributed by atoms with van der Waals surface area (Å²) < 4.78 is 4.95. The minimum Gasteiger partial charge on any atom is -0.495 e. The first-order valence-corrected chi connectivity index (χ1v) is 4.58. The summed E-state index contributed by atoms with van der Waals surface area (Å²) in [5, 5.41) is 17.7. The molecule has 0 spiro atoms. The number of hydrogen-bond donors (Lipinski definition) is 1. The standard InChI is InChI=1S/C10H8ClNO3/c1-15-9-6(4-11)2-3-7(5-12)8(9)10(13)14/h2-3H,4H2,1H3,(H,13,14). The smallest absolute Gasteiger partial charge is 0.340 e. The first kappa shape index (κ1) is 11.3. The molecule has 0 aliphatic heterocycles. The van der Waals surface area contributed by atoms with Gasteiger partial charge in [-0.3, -0.25) is 0 Å². The maximum Gasteiger partial charge on any atom is 0.340 e. The fourth-order valence-electron chi connectivity index (χ4n) is 1.27. The van der Waals surface area contributed by atoms with Gasteiger partial charge in [-0.05, 0) is 6.07 Å². The molecule has 0 unspecified atom stereocenters. The first-order valence-electron chi connectivity index (χ1n) is 4.05. The van der Waals surface area contributed by atoms with Gasteiger partial charge >= 0.3 is 5.97 Å². The highest BCUT2D eigenvalue weighted by Gasteiger charge is 2.19. The number of aromatic carboxylic acids is 1. The number of nitriles is 1. The molecular weight excluding hydrogens is 218 g/mol. The van der Waals surface area contributed by atoms with E-state index in [1.165, 1.54) is 13.2 Å². The van der Waals surface area contributed by atoms with E-state index in [0.29, 0.717) is 5.56 Å². The van der Waals surface area contributed by atoms with Crippen molar-refractivity contribution in [2.24, 2.45) is 0 Å². The molecule has 0 fully saturated rings. The van der Waals surface area contributed by atoms with E-state index >= 15 is 0 Å². The quantitative estimate of drug-likeness (QED) is 0.799. The van der Waals surface area contributed by atoms with Gasteiger partial charge in [0.1, 0.15) is 17.4 Å². The summed E-state index contributed by atoms with van der Waals surface area (Å²) in [7, 11) is 1.35. The van der Waals surface area contributed by atoms with Gasteiger partial charge in [0.05, 0.1) is 18.6 Å². The van der Waals surface area contributed by atoms with Crippen molar-refractivity contribution in [3.8, 4) is 11.8 Å². The molecule has 4 nitrogen and oxygen atoms in total. The SMILES string of the molecule is COc1c(CCl)ccc(C#N)c1C(=O)O. The summed E-state index contributed by atoms with van der Waals surface area (Å²) in [6.07, 6.45) is 0. The highest BCUT2D eigenvalue weighted by molar-refractivity contribution is 6.17. The number of halogens is 1. The van der Waals surface area contributed by atoms with Gasteiger partial charge in [0.2, 0.25) is 0 Å². The maximum absolute atomic E-state index is 11.0. The van der Waals surface area contributed by atoms with Gasteiger partial charge < -0.3 is 9.84 Å². The highest BCUT2D eigenvalue weighted by atomic mass is 35.5. The van der Waals surface area contributed by atoms with Crippen LogP contribution in [0, 0.1) is 11.3 Å². The van der Waals surface area contributed by atoms with Crippen LogP contribution in [0.1, 0.15) is 21.5 Å². The molecule has 0 bridgehead atoms. The van der Waals surface area contributed by atoms with Crippen molar-refractivity contribution in [3.05, 3.63) is 28.8 Å². The van der Waals surface area contributed by atoms with E-state index in [0.717, 1.165) is 0 Å². The van der Waals surface area contributed by atoms with E-state index in [1.807, 2.05) is 0 Å². The number of carboxylic acids is 1. The van der Waals surface area contributed by atoms with Gasteiger partial charge in [-0.1, -0.05) is 6.07 Å². The molecule has 0 aliphatic carbocycles. The molecule has 0 aromatic heterocycles. The summed E-state index contributed by atoms with van der Waals surface area (Å²) >= 11 is 5.63. The lowest BCUT2D eigenvalue weighted by Crippen LogP contribution is -2.05. The van der Waals surface area contributed by atoms with Crippen LogP contribution in [0.2, 0.25) is 0 Å². The Balaban J connectivity index is 3.53. The molecule has 0 aliphatic rings. The fraction of sp³-hybridized carbons (Fsp3) is 0.200. The van der Waals surface area contributed by atoms with Gasteiger partial charge in [0.15, 0.2) is 0 Å². The van der Waals surface area contributed by atoms with E-state index in [-0.39, 0.29) is 22.8 Å². The van der Waals surface area contributed by atoms with Crippen molar-refractivity contribution in [2.45, 2.75) is 5.88 Å². The summed E-state index contributed by atoms with van der Waals surface area (Å²) in [6.45, 7) is 0. The van der Waals surface area contributed by atoms with Gasteiger partial charge in [-0.25, -0.2) is 4.79 Å². The number of hydrogen-bond acceptors (Lipinski definition) is 3. The van der Waals surface area contributed by atoms with Crippen LogP contribution >= 0.6 is 11.6 Å². The van der Waals surface area contributed by atoms with Crippen molar-refractivity contribution >= 4 is 17.6 Å². The molecule has 1 N–H and O–H groups in total. The van der Waals surface area contributed by atoms with Crippen LogP contribution in [0.5, 0.6) is 5.75 Å². The summed E-state index contributed by atoms with van der Waals surface area (Å²) in [4.78, 5) is 11.0. The molecule has 0 heterocycles. The van der Waals surface area contributed by atoms with Crippen molar-refractivity contribution in [3.63, 3.8) is 0 Å². The molecule has 0 amide bonds. The molecule has 1 rings (SSSR count). The van der Waals surface area contributed by atoms with Crippen molar-refractivity contribution in [2.75, 3.05) is 7.11 Å². The second-order valence-corrected chi connectivity index (χ2v) is 3.00. The highest BCUT2D eigenvalue weighted by Crippen LogP contribution is 2.28. The average molecular weight is 226 g/mol. The average Bonchev–Trinajstić information content (AvgIpc) is 2.26. The van der Waals surface area contributed by atoms with Crippen LogP contribution in [0.3, 0.4) is 0 Å². The number of methoxy groups -OCH3 is 1. The number of benzene rings is 1. The maximum atomic E-state index is 11.0. The predicted molar refractivity (Wildman–Crippen MR) is 54.2 cm³/mol. The van der Waals surface area contributed by atoms with Crippen LogP contribution in [0.4, 0.5) is 0 Å². The Morgan fingerprint density at radius 1 is 1.67 bits per heavy atom. The van der Waals surface area contributed by atoms with Crippen LogP contribution in [-0.2, 0) is 5.88 Å². The number of carbonyl (C=O) groups is 1. The second-order valence-electron chi connectivity index (χ2n) is 2.73. The van der Waals surface area contributed by atoms with E-state index in [4.69, 9.17) is 26.7 Å². The monoisotopic (exact) mass is 225 g/mol. The number of rotatable bonds is 3. The van der Waals surface area contributed by atoms with Crippen LogP contribution in [0.25, 0.3) is 0 Å². The lowest BCUT2D eigenvalue weighted by molar-refractivity contribution is 0.0693. The zero-order valence-electron chi connectivity index (χ0n) is 7.95. The summed E-state index contributed by atoms with van der Waals surface area (Å²) in [5.41, 5.74) is 0.474. The normalized spacial score (nSPS) is 9.40. The van der Waals surface area contributed by atoms with E-state index < -0.39 is 5.97 Å². The third-order valence-corrected chi connectivity index (χ3v) is 2.21. The molecule has 5 heteroatoms. The predicted octanol–water partition coefficient (Wildman–Crippen LogP) is 2.00. The Morgan fingerprint density at radius 2 is 2.33 bits per heavy atom. The molecule has 0 atom stereocenters. The van der Waals surface area contributed by atoms with Gasteiger partial charge in [-0.15, -0.1) is 11.6 Å². The van der Waals surface area contributed by atoms with Crippen molar-refractivity contribution in [1.82, 2.24) is 0 Å². The van der Waals surface area contributed by atoms with Crippen LogP contribution in [0.15, 0.2) is 12.1 Å². The van der Waals surface area contributed by atoms with Gasteiger partial charge in [0.25, 0.3) is 0 Å². The molecule has 0 saturated heterocycles. The number of carboxylic acid groups (broad SMARTS) is 1. The molecule has 78 valence electrons. The lowest BCUT2D eigenvalue weighted by atomic mass is 10.0. The molecule has 1 aromatic carbocycles. The third kappa shape index (κ3) is 2.03. The minimum atomic E-state index is -1.20. The second kappa shape index (κ2) is 4.67. The van der Waals surface area contributed by atoms with Gasteiger partial charge in [-0.2, -0.15) is 5.26 Å². The van der Waals surface area contributed by atoms with Crippen LogP contribution in [-0.4, -0.2) is 18.2 Å². The van der Waals surface area contributed by atoms with E-state index in [2.05, 4.69) is 0 Å². The molecular formula is C10H8ClNO3. The minimum absolute atomic E-state index is 0.0632. The molecule has 0 saturated carbocycles.